The predicted molar refractivity (Wildman–Crippen MR) is 42.6 cm³/mol. The summed E-state index contributed by atoms with van der Waals surface area (Å²) in [6.07, 6.45) is 0. The molecule has 53 valence electrons. The highest BCUT2D eigenvalue weighted by molar-refractivity contribution is 9.13. The zero-order chi connectivity index (χ0) is 7.28. The molecule has 9 heavy (non-hydrogen) atoms. The lowest BCUT2D eigenvalue weighted by atomic mass is 10.5. The van der Waals surface area contributed by atoms with Crippen LogP contribution in [0.25, 0.3) is 0 Å². The number of esters is 1. The largest absolute Gasteiger partial charge is 0.465 e. The summed E-state index contributed by atoms with van der Waals surface area (Å²) in [7, 11) is 0. The molecular formula is C5H7Br2O2. The van der Waals surface area contributed by atoms with E-state index in [-0.39, 0.29) is 10.8 Å². The Kier molecular flexibility index (Phi) is 5.48. The third-order valence-corrected chi connectivity index (χ3v) is 2.50. The Morgan fingerprint density at radius 1 is 1.89 bits per heavy atom. The van der Waals surface area contributed by atoms with Crippen molar-refractivity contribution in [3.63, 3.8) is 0 Å². The van der Waals surface area contributed by atoms with Crippen molar-refractivity contribution in [1.29, 1.82) is 0 Å². The number of rotatable bonds is 3. The summed E-state index contributed by atoms with van der Waals surface area (Å²) in [6, 6.07) is 0. The van der Waals surface area contributed by atoms with Gasteiger partial charge in [0.2, 0.25) is 0 Å². The molecule has 0 rings (SSSR count). The highest BCUT2D eigenvalue weighted by Crippen LogP contribution is 2.09. The topological polar surface area (TPSA) is 26.3 Å². The van der Waals surface area contributed by atoms with Crippen molar-refractivity contribution in [2.45, 2.75) is 11.8 Å². The first-order chi connectivity index (χ1) is 4.22. The van der Waals surface area contributed by atoms with Gasteiger partial charge in [-0.2, -0.15) is 0 Å². The zero-order valence-electron chi connectivity index (χ0n) is 4.93. The van der Waals surface area contributed by atoms with Gasteiger partial charge in [0, 0.05) is 0 Å². The van der Waals surface area contributed by atoms with E-state index in [4.69, 9.17) is 0 Å². The number of halogens is 2. The monoisotopic (exact) mass is 257 g/mol. The van der Waals surface area contributed by atoms with Gasteiger partial charge < -0.3 is 4.74 Å². The van der Waals surface area contributed by atoms with Gasteiger partial charge in [-0.1, -0.05) is 31.9 Å². The molecule has 1 atom stereocenters. The van der Waals surface area contributed by atoms with E-state index in [1.807, 2.05) is 0 Å². The molecule has 0 aromatic rings. The van der Waals surface area contributed by atoms with E-state index in [9.17, 15) is 4.79 Å². The molecule has 0 saturated carbocycles. The van der Waals surface area contributed by atoms with Crippen LogP contribution in [0.5, 0.6) is 0 Å². The molecule has 0 aromatic carbocycles. The van der Waals surface area contributed by atoms with Crippen molar-refractivity contribution in [3.8, 4) is 0 Å². The van der Waals surface area contributed by atoms with Gasteiger partial charge in [0.15, 0.2) is 0 Å². The lowest BCUT2D eigenvalue weighted by molar-refractivity contribution is -0.141. The summed E-state index contributed by atoms with van der Waals surface area (Å²) >= 11 is 6.08. The van der Waals surface area contributed by atoms with Crippen LogP contribution >= 0.6 is 31.9 Å². The van der Waals surface area contributed by atoms with Gasteiger partial charge in [-0.15, -0.1) is 0 Å². The first-order valence-electron chi connectivity index (χ1n) is 2.46. The second-order valence-electron chi connectivity index (χ2n) is 1.28. The summed E-state index contributed by atoms with van der Waals surface area (Å²) in [5.74, 6) is -0.269. The Morgan fingerprint density at radius 2 is 2.44 bits per heavy atom. The molecule has 0 spiro atoms. The summed E-state index contributed by atoms with van der Waals surface area (Å²) in [4.78, 5) is 10.3. The van der Waals surface area contributed by atoms with E-state index >= 15 is 0 Å². The molecule has 0 aliphatic heterocycles. The van der Waals surface area contributed by atoms with Crippen LogP contribution in [0.15, 0.2) is 0 Å². The van der Waals surface area contributed by atoms with Crippen molar-refractivity contribution < 1.29 is 9.53 Å². The van der Waals surface area contributed by atoms with E-state index in [0.29, 0.717) is 6.61 Å². The fourth-order valence-electron chi connectivity index (χ4n) is 0.273. The minimum absolute atomic E-state index is 0.269. The fraction of sp³-hybridized carbons (Fsp3) is 0.600. The van der Waals surface area contributed by atoms with Crippen LogP contribution in [0.2, 0.25) is 0 Å². The molecule has 0 aliphatic carbocycles. The Hall–Kier alpha value is 0.430. The van der Waals surface area contributed by atoms with E-state index in [1.165, 1.54) is 0 Å². The third-order valence-electron chi connectivity index (χ3n) is 0.622. The summed E-state index contributed by atoms with van der Waals surface area (Å²) in [5, 5.41) is 1.55. The molecule has 1 unspecified atom stereocenters. The number of carbonyl (C=O) groups excluding carboxylic acids is 1. The van der Waals surface area contributed by atoms with Crippen molar-refractivity contribution >= 4 is 37.8 Å². The van der Waals surface area contributed by atoms with Gasteiger partial charge in [-0.05, 0) is 6.92 Å². The third kappa shape index (κ3) is 3.92. The maximum Gasteiger partial charge on any atom is 0.320 e. The molecule has 2 nitrogen and oxygen atoms in total. The second-order valence-corrected chi connectivity index (χ2v) is 2.79. The van der Waals surface area contributed by atoms with Gasteiger partial charge in [0.05, 0.1) is 11.9 Å². The predicted octanol–water partition coefficient (Wildman–Crippen LogP) is 1.87. The van der Waals surface area contributed by atoms with Crippen LogP contribution < -0.4 is 0 Å². The van der Waals surface area contributed by atoms with Crippen LogP contribution in [0.4, 0.5) is 0 Å². The SMILES string of the molecule is CCOC(=O)C(Br)[CH]Br. The molecular weight excluding hydrogens is 252 g/mol. The molecule has 0 aromatic heterocycles. The number of alkyl halides is 1. The van der Waals surface area contributed by atoms with Crippen molar-refractivity contribution in [1.82, 2.24) is 0 Å². The summed E-state index contributed by atoms with van der Waals surface area (Å²) in [5.41, 5.74) is 0. The van der Waals surface area contributed by atoms with Crippen LogP contribution in [0.3, 0.4) is 0 Å². The van der Waals surface area contributed by atoms with Gasteiger partial charge in [0.1, 0.15) is 4.83 Å². The highest BCUT2D eigenvalue weighted by Gasteiger charge is 2.13. The molecule has 0 saturated heterocycles. The standard InChI is InChI=1S/C5H7Br2O2/c1-2-9-5(8)4(7)3-6/h3-4H,2H2,1H3. The minimum Gasteiger partial charge on any atom is -0.465 e. The Balaban J connectivity index is 3.46. The molecule has 4 heteroatoms. The second kappa shape index (κ2) is 5.23. The molecule has 1 radical (unpaired) electrons. The Bertz CT molecular complexity index is 95.0. The van der Waals surface area contributed by atoms with Gasteiger partial charge >= 0.3 is 5.97 Å². The quantitative estimate of drug-likeness (QED) is 0.571. The number of hydrogen-bond acceptors (Lipinski definition) is 2. The average Bonchev–Trinajstić information content (AvgIpc) is 1.87. The highest BCUT2D eigenvalue weighted by atomic mass is 79.9. The van der Waals surface area contributed by atoms with Gasteiger partial charge in [-0.3, -0.25) is 4.79 Å². The summed E-state index contributed by atoms with van der Waals surface area (Å²) in [6.45, 7) is 2.19. The molecule has 0 N–H and O–H groups in total. The molecule has 0 bridgehead atoms. The smallest absolute Gasteiger partial charge is 0.320 e. The minimum atomic E-state index is -0.336. The van der Waals surface area contributed by atoms with Crippen molar-refractivity contribution in [2.24, 2.45) is 0 Å². The molecule has 0 heterocycles. The van der Waals surface area contributed by atoms with Gasteiger partial charge in [-0.25, -0.2) is 0 Å². The lowest BCUT2D eigenvalue weighted by Gasteiger charge is -2.02. The molecule has 0 fully saturated rings. The van der Waals surface area contributed by atoms with E-state index < -0.39 is 0 Å². The number of ether oxygens (including phenoxy) is 1. The first-order valence-corrected chi connectivity index (χ1v) is 4.29. The zero-order valence-corrected chi connectivity index (χ0v) is 8.11. The van der Waals surface area contributed by atoms with Gasteiger partial charge in [0.25, 0.3) is 0 Å². The maximum absolute atomic E-state index is 10.6. The molecule has 0 amide bonds. The van der Waals surface area contributed by atoms with Crippen LogP contribution in [0.1, 0.15) is 6.92 Å². The number of hydrogen-bond donors (Lipinski definition) is 0. The lowest BCUT2D eigenvalue weighted by Crippen LogP contribution is -2.15. The fourth-order valence-corrected chi connectivity index (χ4v) is 0.621. The maximum atomic E-state index is 10.6. The normalized spacial score (nSPS) is 12.8. The van der Waals surface area contributed by atoms with E-state index in [1.54, 1.807) is 12.3 Å². The van der Waals surface area contributed by atoms with Crippen molar-refractivity contribution in [3.05, 3.63) is 5.33 Å². The van der Waals surface area contributed by atoms with Crippen LogP contribution in [-0.4, -0.2) is 17.4 Å². The number of carbonyl (C=O) groups is 1. The summed E-state index contributed by atoms with van der Waals surface area (Å²) < 4.78 is 4.65. The van der Waals surface area contributed by atoms with E-state index in [0.717, 1.165) is 0 Å². The van der Waals surface area contributed by atoms with E-state index in [2.05, 4.69) is 36.6 Å². The molecule has 0 aliphatic rings. The van der Waals surface area contributed by atoms with Crippen LogP contribution in [0, 0.1) is 5.33 Å². The van der Waals surface area contributed by atoms with Crippen molar-refractivity contribution in [2.75, 3.05) is 6.61 Å². The average molecular weight is 259 g/mol. The Labute approximate surface area is 71.2 Å². The van der Waals surface area contributed by atoms with Crippen LogP contribution in [-0.2, 0) is 9.53 Å². The Morgan fingerprint density at radius 3 is 2.78 bits per heavy atom. The first kappa shape index (κ1) is 9.43.